The Hall–Kier alpha value is -3.80. The number of furan rings is 1. The Morgan fingerprint density at radius 1 is 0.769 bits per heavy atom. The molecule has 3 amide bonds. The van der Waals surface area contributed by atoms with Crippen molar-refractivity contribution in [3.8, 4) is 0 Å². The molecule has 3 rings (SSSR count). The molecule has 6 heteroatoms. The van der Waals surface area contributed by atoms with E-state index in [0.29, 0.717) is 22.8 Å². The number of hydrogen-bond acceptors (Lipinski definition) is 3. The van der Waals surface area contributed by atoms with E-state index >= 15 is 0 Å². The maximum atomic E-state index is 12.0. The number of hydrogen-bond donors (Lipinski definition) is 3. The maximum absolute atomic E-state index is 12.0. The number of carbonyl (C=O) groups excluding carboxylic acids is 2. The molecule has 1 aromatic heterocycles. The van der Waals surface area contributed by atoms with Crippen molar-refractivity contribution in [3.05, 3.63) is 84.8 Å². The monoisotopic (exact) mass is 347 g/mol. The third-order valence-corrected chi connectivity index (χ3v) is 3.36. The van der Waals surface area contributed by atoms with E-state index in [1.165, 1.54) is 12.3 Å². The van der Waals surface area contributed by atoms with E-state index < -0.39 is 0 Å². The first-order valence-electron chi connectivity index (χ1n) is 7.95. The molecule has 0 fully saturated rings. The van der Waals surface area contributed by atoms with Crippen LogP contribution in [0.15, 0.2) is 83.5 Å². The van der Waals surface area contributed by atoms with E-state index in [-0.39, 0.29) is 11.9 Å². The fourth-order valence-electron chi connectivity index (χ4n) is 2.22. The minimum absolute atomic E-state index is 0.299. The second-order valence-electron chi connectivity index (χ2n) is 5.36. The van der Waals surface area contributed by atoms with Gasteiger partial charge in [0.25, 0.3) is 0 Å². The molecule has 0 unspecified atom stereocenters. The maximum Gasteiger partial charge on any atom is 0.323 e. The zero-order valence-electron chi connectivity index (χ0n) is 13.8. The van der Waals surface area contributed by atoms with Gasteiger partial charge >= 0.3 is 6.03 Å². The highest BCUT2D eigenvalue weighted by Crippen LogP contribution is 2.16. The van der Waals surface area contributed by atoms with Crippen LogP contribution >= 0.6 is 0 Å². The van der Waals surface area contributed by atoms with Crippen molar-refractivity contribution in [1.82, 2.24) is 0 Å². The van der Waals surface area contributed by atoms with Gasteiger partial charge < -0.3 is 20.4 Å². The van der Waals surface area contributed by atoms with Gasteiger partial charge in [0.05, 0.1) is 6.26 Å². The highest BCUT2D eigenvalue weighted by atomic mass is 16.3. The molecule has 1 heterocycles. The molecule has 3 aromatic rings. The first-order valence-corrected chi connectivity index (χ1v) is 7.95. The van der Waals surface area contributed by atoms with Gasteiger partial charge in [-0.05, 0) is 48.5 Å². The van der Waals surface area contributed by atoms with Crippen LogP contribution < -0.4 is 16.0 Å². The van der Waals surface area contributed by atoms with Gasteiger partial charge in [-0.15, -0.1) is 0 Å². The van der Waals surface area contributed by atoms with Crippen molar-refractivity contribution in [1.29, 1.82) is 0 Å². The van der Waals surface area contributed by atoms with Gasteiger partial charge in [-0.1, -0.05) is 24.3 Å². The normalized spacial score (nSPS) is 10.5. The molecule has 0 aliphatic carbocycles. The highest BCUT2D eigenvalue weighted by Gasteiger charge is 2.04. The summed E-state index contributed by atoms with van der Waals surface area (Å²) in [6, 6.07) is 19.1. The molecule has 3 N–H and O–H groups in total. The predicted molar refractivity (Wildman–Crippen MR) is 102 cm³/mol. The number of benzene rings is 2. The molecule has 0 saturated heterocycles. The van der Waals surface area contributed by atoms with Gasteiger partial charge in [-0.25, -0.2) is 4.79 Å². The van der Waals surface area contributed by atoms with Crippen LogP contribution in [-0.4, -0.2) is 11.9 Å². The number of urea groups is 1. The van der Waals surface area contributed by atoms with E-state index in [4.69, 9.17) is 4.42 Å². The van der Waals surface area contributed by atoms with Crippen LogP contribution in [0.3, 0.4) is 0 Å². The molecule has 2 aromatic carbocycles. The molecule has 0 atom stereocenters. The Labute approximate surface area is 150 Å². The topological polar surface area (TPSA) is 83.4 Å². The lowest BCUT2D eigenvalue weighted by Crippen LogP contribution is -2.19. The standard InChI is InChI=1S/C20H17N3O3/c24-19(12-11-18-10-5-13-26-18)21-16-8-4-9-17(14-16)23-20(25)22-15-6-2-1-3-7-15/h1-14H,(H,21,24)(H2,22,23,25)/b12-11-. The molecule has 6 nitrogen and oxygen atoms in total. The summed E-state index contributed by atoms with van der Waals surface area (Å²) in [5.74, 6) is 0.292. The summed E-state index contributed by atoms with van der Waals surface area (Å²) in [6.07, 6.45) is 4.49. The molecular formula is C20H17N3O3. The van der Waals surface area contributed by atoms with E-state index in [1.54, 1.807) is 54.6 Å². The third kappa shape index (κ3) is 5.10. The zero-order valence-corrected chi connectivity index (χ0v) is 13.8. The first-order chi connectivity index (χ1) is 12.7. The van der Waals surface area contributed by atoms with Crippen LogP contribution in [0.25, 0.3) is 6.08 Å². The van der Waals surface area contributed by atoms with Crippen molar-refractivity contribution < 1.29 is 14.0 Å². The van der Waals surface area contributed by atoms with Gasteiger partial charge in [0.15, 0.2) is 0 Å². The van der Waals surface area contributed by atoms with E-state index in [2.05, 4.69) is 16.0 Å². The lowest BCUT2D eigenvalue weighted by Gasteiger charge is -2.09. The Kier molecular flexibility index (Phi) is 5.47. The summed E-state index contributed by atoms with van der Waals surface area (Å²) in [7, 11) is 0. The van der Waals surface area contributed by atoms with E-state index in [0.717, 1.165) is 0 Å². The predicted octanol–water partition coefficient (Wildman–Crippen LogP) is 4.58. The van der Waals surface area contributed by atoms with Crippen LogP contribution in [0, 0.1) is 0 Å². The van der Waals surface area contributed by atoms with Gasteiger partial charge in [-0.2, -0.15) is 0 Å². The summed E-state index contributed by atoms with van der Waals surface area (Å²) >= 11 is 0. The zero-order chi connectivity index (χ0) is 18.2. The van der Waals surface area contributed by atoms with Gasteiger partial charge in [0.2, 0.25) is 5.91 Å². The highest BCUT2D eigenvalue weighted by molar-refractivity contribution is 6.03. The summed E-state index contributed by atoms with van der Waals surface area (Å²) in [5, 5.41) is 8.18. The summed E-state index contributed by atoms with van der Waals surface area (Å²) in [5.41, 5.74) is 1.82. The van der Waals surface area contributed by atoms with Crippen LogP contribution in [0.4, 0.5) is 21.9 Å². The Morgan fingerprint density at radius 3 is 2.19 bits per heavy atom. The van der Waals surface area contributed by atoms with Crippen molar-refractivity contribution in [3.63, 3.8) is 0 Å². The van der Waals surface area contributed by atoms with Crippen molar-refractivity contribution in [2.24, 2.45) is 0 Å². The second kappa shape index (κ2) is 8.34. The van der Waals surface area contributed by atoms with Crippen LogP contribution in [-0.2, 0) is 4.79 Å². The molecule has 0 aliphatic rings. The summed E-state index contributed by atoms with van der Waals surface area (Å²) < 4.78 is 5.12. The Balaban J connectivity index is 1.57. The van der Waals surface area contributed by atoms with Crippen molar-refractivity contribution in [2.75, 3.05) is 16.0 Å². The summed E-state index contributed by atoms with van der Waals surface area (Å²) in [4.78, 5) is 24.0. The number of amides is 3. The molecule has 0 aliphatic heterocycles. The average molecular weight is 347 g/mol. The number of carbonyl (C=O) groups is 2. The van der Waals surface area contributed by atoms with Crippen molar-refractivity contribution >= 4 is 35.1 Å². The molecule has 0 spiro atoms. The van der Waals surface area contributed by atoms with E-state index in [1.807, 2.05) is 18.2 Å². The van der Waals surface area contributed by atoms with E-state index in [9.17, 15) is 9.59 Å². The second-order valence-corrected chi connectivity index (χ2v) is 5.36. The Bertz CT molecular complexity index is 903. The fourth-order valence-corrected chi connectivity index (χ4v) is 2.22. The third-order valence-electron chi connectivity index (χ3n) is 3.36. The average Bonchev–Trinajstić information content (AvgIpc) is 3.14. The SMILES string of the molecule is O=C(/C=C\c1ccco1)Nc1cccc(NC(=O)Nc2ccccc2)c1. The number of nitrogens with one attached hydrogen (secondary N) is 3. The van der Waals surface area contributed by atoms with Gasteiger partial charge in [0.1, 0.15) is 5.76 Å². The number of anilines is 3. The minimum atomic E-state index is -0.364. The Morgan fingerprint density at radius 2 is 1.46 bits per heavy atom. The quantitative estimate of drug-likeness (QED) is 0.591. The van der Waals surface area contributed by atoms with Crippen LogP contribution in [0.2, 0.25) is 0 Å². The first kappa shape index (κ1) is 17.0. The number of para-hydroxylation sites is 1. The molecule has 0 radical (unpaired) electrons. The molecule has 0 bridgehead atoms. The molecular weight excluding hydrogens is 330 g/mol. The van der Waals surface area contributed by atoms with Crippen molar-refractivity contribution in [2.45, 2.75) is 0 Å². The van der Waals surface area contributed by atoms with Crippen LogP contribution in [0.1, 0.15) is 5.76 Å². The molecule has 130 valence electrons. The smallest absolute Gasteiger partial charge is 0.323 e. The summed E-state index contributed by atoms with van der Waals surface area (Å²) in [6.45, 7) is 0. The van der Waals surface area contributed by atoms with Gasteiger partial charge in [-0.3, -0.25) is 4.79 Å². The fraction of sp³-hybridized carbons (Fsp3) is 0. The van der Waals surface area contributed by atoms with Crippen LogP contribution in [0.5, 0.6) is 0 Å². The largest absolute Gasteiger partial charge is 0.465 e. The minimum Gasteiger partial charge on any atom is -0.465 e. The number of rotatable bonds is 5. The molecule has 26 heavy (non-hydrogen) atoms. The lowest BCUT2D eigenvalue weighted by molar-refractivity contribution is -0.111. The lowest BCUT2D eigenvalue weighted by atomic mass is 10.2. The molecule has 0 saturated carbocycles. The van der Waals surface area contributed by atoms with Gasteiger partial charge in [0, 0.05) is 23.1 Å².